The number of carbonyl (C=O) groups excluding carboxylic acids is 2. The van der Waals surface area contributed by atoms with Gasteiger partial charge in [0.2, 0.25) is 0 Å². The Bertz CT molecular complexity index is 701. The van der Waals surface area contributed by atoms with E-state index in [-0.39, 0.29) is 19.4 Å². The highest BCUT2D eigenvalue weighted by Crippen LogP contribution is 2.33. The molecular formula is C18H22F4N2O3. The van der Waals surface area contributed by atoms with Crippen LogP contribution in [0.1, 0.15) is 45.2 Å². The van der Waals surface area contributed by atoms with E-state index in [0.717, 1.165) is 0 Å². The summed E-state index contributed by atoms with van der Waals surface area (Å²) >= 11 is 0. The molecule has 27 heavy (non-hydrogen) atoms. The van der Waals surface area contributed by atoms with Gasteiger partial charge in [-0.3, -0.25) is 4.79 Å². The molecule has 1 aromatic carbocycles. The van der Waals surface area contributed by atoms with Crippen LogP contribution in [0.25, 0.3) is 0 Å². The van der Waals surface area contributed by atoms with Gasteiger partial charge in [0, 0.05) is 12.6 Å². The largest absolute Gasteiger partial charge is 0.471 e. The summed E-state index contributed by atoms with van der Waals surface area (Å²) in [7, 11) is 0. The Balaban J connectivity index is 2.23. The Morgan fingerprint density at radius 3 is 2.44 bits per heavy atom. The molecule has 1 heterocycles. The van der Waals surface area contributed by atoms with Crippen LogP contribution in [0.3, 0.4) is 0 Å². The molecule has 1 N–H and O–H groups in total. The van der Waals surface area contributed by atoms with Gasteiger partial charge in [0.25, 0.3) is 0 Å². The van der Waals surface area contributed by atoms with Crippen molar-refractivity contribution in [3.63, 3.8) is 0 Å². The molecule has 1 aliphatic rings. The quantitative estimate of drug-likeness (QED) is 0.778. The maximum Gasteiger partial charge on any atom is 0.471 e. The van der Waals surface area contributed by atoms with Crippen LogP contribution in [0.15, 0.2) is 24.3 Å². The average molecular weight is 390 g/mol. The van der Waals surface area contributed by atoms with Gasteiger partial charge >= 0.3 is 18.2 Å². The highest BCUT2D eigenvalue weighted by molar-refractivity contribution is 5.82. The summed E-state index contributed by atoms with van der Waals surface area (Å²) < 4.78 is 56.6. The number of ether oxygens (including phenoxy) is 1. The van der Waals surface area contributed by atoms with E-state index in [0.29, 0.717) is 5.56 Å². The van der Waals surface area contributed by atoms with E-state index in [4.69, 9.17) is 4.74 Å². The Morgan fingerprint density at radius 2 is 1.89 bits per heavy atom. The zero-order chi connectivity index (χ0) is 20.4. The number of nitrogens with one attached hydrogen (secondary N) is 1. The van der Waals surface area contributed by atoms with Crippen LogP contribution in [-0.4, -0.2) is 41.3 Å². The highest BCUT2D eigenvalue weighted by Gasteiger charge is 2.42. The number of rotatable bonds is 2. The fraction of sp³-hybridized carbons (Fsp3) is 0.556. The first-order valence-electron chi connectivity index (χ1n) is 8.49. The maximum absolute atomic E-state index is 13.6. The SMILES string of the molecule is CC(C)(C)OC(=O)N1CC[C@@H](NC(=O)C(F)(F)F)C[C@H]1c1cccc(F)c1. The summed E-state index contributed by atoms with van der Waals surface area (Å²) in [5.74, 6) is -2.56. The molecule has 0 bridgehead atoms. The fourth-order valence-corrected chi connectivity index (χ4v) is 2.93. The summed E-state index contributed by atoms with van der Waals surface area (Å²) in [6, 6.07) is 3.96. The molecule has 1 fully saturated rings. The van der Waals surface area contributed by atoms with Gasteiger partial charge in [-0.25, -0.2) is 9.18 Å². The molecule has 1 aromatic rings. The molecule has 0 spiro atoms. The maximum atomic E-state index is 13.6. The molecule has 1 aliphatic heterocycles. The van der Waals surface area contributed by atoms with Crippen LogP contribution < -0.4 is 5.32 Å². The van der Waals surface area contributed by atoms with E-state index in [9.17, 15) is 27.2 Å². The monoisotopic (exact) mass is 390 g/mol. The first-order chi connectivity index (χ1) is 12.4. The van der Waals surface area contributed by atoms with Crippen molar-refractivity contribution in [1.29, 1.82) is 0 Å². The van der Waals surface area contributed by atoms with Gasteiger partial charge < -0.3 is 15.0 Å². The van der Waals surface area contributed by atoms with E-state index in [1.165, 1.54) is 23.1 Å². The zero-order valence-electron chi connectivity index (χ0n) is 15.3. The summed E-state index contributed by atoms with van der Waals surface area (Å²) in [6.45, 7) is 5.15. The molecule has 0 aromatic heterocycles. The topological polar surface area (TPSA) is 58.6 Å². The predicted octanol–water partition coefficient (Wildman–Crippen LogP) is 3.94. The number of piperidine rings is 1. The van der Waals surface area contributed by atoms with Crippen LogP contribution in [0, 0.1) is 5.82 Å². The van der Waals surface area contributed by atoms with Crippen molar-refractivity contribution in [1.82, 2.24) is 10.2 Å². The molecule has 0 unspecified atom stereocenters. The number of amides is 2. The molecule has 2 atom stereocenters. The normalized spacial score (nSPS) is 20.9. The number of hydrogen-bond donors (Lipinski definition) is 1. The smallest absolute Gasteiger partial charge is 0.444 e. The first-order valence-corrected chi connectivity index (χ1v) is 8.49. The summed E-state index contributed by atoms with van der Waals surface area (Å²) in [4.78, 5) is 25.1. The lowest BCUT2D eigenvalue weighted by Gasteiger charge is -2.40. The molecule has 150 valence electrons. The molecule has 9 heteroatoms. The van der Waals surface area contributed by atoms with Crippen molar-refractivity contribution >= 4 is 12.0 Å². The summed E-state index contributed by atoms with van der Waals surface area (Å²) in [5.41, 5.74) is -0.336. The predicted molar refractivity (Wildman–Crippen MR) is 89.3 cm³/mol. The number of halogens is 4. The van der Waals surface area contributed by atoms with Crippen molar-refractivity contribution < 1.29 is 31.9 Å². The van der Waals surface area contributed by atoms with Crippen molar-refractivity contribution in [2.24, 2.45) is 0 Å². The second-order valence-corrected chi connectivity index (χ2v) is 7.44. The Morgan fingerprint density at radius 1 is 1.22 bits per heavy atom. The van der Waals surface area contributed by atoms with E-state index < -0.39 is 41.7 Å². The number of benzene rings is 1. The average Bonchev–Trinajstić information content (AvgIpc) is 2.52. The van der Waals surface area contributed by atoms with Crippen molar-refractivity contribution in [3.8, 4) is 0 Å². The molecule has 2 amide bonds. The Labute approximate surface area is 154 Å². The highest BCUT2D eigenvalue weighted by atomic mass is 19.4. The molecule has 0 aliphatic carbocycles. The third-order valence-corrected chi connectivity index (χ3v) is 4.06. The van der Waals surface area contributed by atoms with Crippen molar-refractivity contribution in [3.05, 3.63) is 35.6 Å². The lowest BCUT2D eigenvalue weighted by atomic mass is 9.92. The minimum absolute atomic E-state index is 0.0184. The lowest BCUT2D eigenvalue weighted by Crippen LogP contribution is -2.51. The molecule has 2 rings (SSSR count). The van der Waals surface area contributed by atoms with Crippen LogP contribution in [0.4, 0.5) is 22.4 Å². The standard InChI is InChI=1S/C18H22F4N2O3/c1-17(2,3)27-16(26)24-8-7-13(23-15(25)18(20,21)22)10-14(24)11-5-4-6-12(19)9-11/h4-6,9,13-14H,7-8,10H2,1-3H3,(H,23,25)/t13-,14+/m1/s1. The van der Waals surface area contributed by atoms with E-state index in [1.54, 1.807) is 26.8 Å². The first kappa shape index (κ1) is 21.0. The van der Waals surface area contributed by atoms with E-state index in [1.807, 2.05) is 5.32 Å². The number of alkyl halides is 3. The molecule has 5 nitrogen and oxygen atoms in total. The Hall–Kier alpha value is -2.32. The minimum Gasteiger partial charge on any atom is -0.444 e. The molecule has 0 saturated carbocycles. The number of carbonyl (C=O) groups is 2. The third-order valence-electron chi connectivity index (χ3n) is 4.06. The summed E-state index contributed by atoms with van der Waals surface area (Å²) in [5, 5.41) is 1.94. The van der Waals surface area contributed by atoms with Gasteiger partial charge in [-0.2, -0.15) is 13.2 Å². The Kier molecular flexibility index (Phi) is 6.01. The van der Waals surface area contributed by atoms with Crippen LogP contribution >= 0.6 is 0 Å². The fourth-order valence-electron chi connectivity index (χ4n) is 2.93. The van der Waals surface area contributed by atoms with E-state index >= 15 is 0 Å². The third kappa shape index (κ3) is 5.83. The van der Waals surface area contributed by atoms with Crippen LogP contribution in [0.2, 0.25) is 0 Å². The number of nitrogens with zero attached hydrogens (tertiary/aromatic N) is 1. The van der Waals surface area contributed by atoms with Crippen LogP contribution in [0.5, 0.6) is 0 Å². The summed E-state index contributed by atoms with van der Waals surface area (Å²) in [6.07, 6.45) is -5.48. The van der Waals surface area contributed by atoms with Crippen LogP contribution in [-0.2, 0) is 9.53 Å². The molecule has 1 saturated heterocycles. The minimum atomic E-state index is -4.99. The number of hydrogen-bond acceptors (Lipinski definition) is 3. The second kappa shape index (κ2) is 7.74. The van der Waals surface area contributed by atoms with Crippen molar-refractivity contribution in [2.45, 2.75) is 57.5 Å². The lowest BCUT2D eigenvalue weighted by molar-refractivity contribution is -0.174. The van der Waals surface area contributed by atoms with E-state index in [2.05, 4.69) is 0 Å². The second-order valence-electron chi connectivity index (χ2n) is 7.44. The zero-order valence-corrected chi connectivity index (χ0v) is 15.3. The molecular weight excluding hydrogens is 368 g/mol. The van der Waals surface area contributed by atoms with Gasteiger partial charge in [0.05, 0.1) is 6.04 Å². The molecule has 0 radical (unpaired) electrons. The van der Waals surface area contributed by atoms with Gasteiger partial charge in [-0.05, 0) is 51.3 Å². The van der Waals surface area contributed by atoms with Crippen molar-refractivity contribution in [2.75, 3.05) is 6.54 Å². The number of likely N-dealkylation sites (tertiary alicyclic amines) is 1. The van der Waals surface area contributed by atoms with Gasteiger partial charge in [-0.15, -0.1) is 0 Å². The van der Waals surface area contributed by atoms with Gasteiger partial charge in [-0.1, -0.05) is 12.1 Å². The van der Waals surface area contributed by atoms with Gasteiger partial charge in [0.1, 0.15) is 11.4 Å². The van der Waals surface area contributed by atoms with Gasteiger partial charge in [0.15, 0.2) is 0 Å².